The van der Waals surface area contributed by atoms with Gasteiger partial charge in [-0.1, -0.05) is 237 Å². The van der Waals surface area contributed by atoms with Crippen molar-refractivity contribution in [3.63, 3.8) is 0 Å². The lowest BCUT2D eigenvalue weighted by Gasteiger charge is -2.26. The fraction of sp³-hybridized carbons (Fsp3) is 0.194. The standard InChI is InChI=1S/C21H18ClF2N3O2.C20H16Cl2FN3O.C20H17ClFN3O.C19H16ClFN4O.C18H16ClFN4O/c1-12-6-7-16(23)13(10-12)11-27-21(29-2)14-8-9-26(20(28)19(14)25-27)17-5-3-4-15(22)18(17)24;1-12-4-2-5-13(10-12)11-26-19(22)14-8-9-25(20(27)18(14)24-26)16-7-3-6-15(21)17(16)23;1-13-4-2-5-14(10-13)11-24-12-15-8-9-25(20(26)19(15)23-24)17-7-3-6-16(21)18(17)22;20-14-7-4-8-15(16(14)21)24-10-9-13-17(19(24)26)23-25(18(13)22)11-12-5-2-1-3-6-12;1-11-5-3-6-13(9-11)12(2)24-10-21-17(23-24)18(25)22-15-8-4-7-14(19)16(15)20/h3-7,10H,8-9,11H2,1-2H3;2-7,10H,8-9,11H2,1H3;2-7,10,12H,8-9,11H2,1H3;1-8H,9-11,22H2;3-10,12H,1-2H3,(H,22,25)/t;;;;12-/m....0/s1. The van der Waals surface area contributed by atoms with Crippen molar-refractivity contribution >= 4 is 133 Å². The molecular formula is C98H83Cl6F6N17O6. The van der Waals surface area contributed by atoms with E-state index in [0.29, 0.717) is 110 Å². The van der Waals surface area contributed by atoms with Gasteiger partial charge in [-0.2, -0.15) is 20.4 Å². The van der Waals surface area contributed by atoms with Crippen LogP contribution in [0.3, 0.4) is 0 Å². The summed E-state index contributed by atoms with van der Waals surface area (Å²) in [5.41, 5.74) is 19.9. The first-order valence-electron chi connectivity index (χ1n) is 41.9. The molecule has 23 nitrogen and oxygen atoms in total. The predicted molar refractivity (Wildman–Crippen MR) is 503 cm³/mol. The number of anilines is 6. The van der Waals surface area contributed by atoms with E-state index >= 15 is 0 Å². The highest BCUT2D eigenvalue weighted by Gasteiger charge is 2.38. The van der Waals surface area contributed by atoms with Crippen molar-refractivity contribution in [2.24, 2.45) is 0 Å². The number of hydrogen-bond acceptors (Lipinski definition) is 13. The Kier molecular flexibility index (Phi) is 29.1. The Morgan fingerprint density at radius 1 is 0.436 bits per heavy atom. The first-order valence-corrected chi connectivity index (χ1v) is 44.1. The van der Waals surface area contributed by atoms with Gasteiger partial charge in [-0.15, -0.1) is 5.10 Å². The minimum Gasteiger partial charge on any atom is -0.481 e. The van der Waals surface area contributed by atoms with Gasteiger partial charge in [-0.25, -0.2) is 50.1 Å². The third-order valence-electron chi connectivity index (χ3n) is 22.5. The minimum absolute atomic E-state index is 0.00562. The molecule has 9 heterocycles. The van der Waals surface area contributed by atoms with E-state index in [2.05, 4.69) is 41.9 Å². The number of nitrogen functional groups attached to an aromatic ring is 1. The Hall–Kier alpha value is -13.6. The zero-order valence-corrected chi connectivity index (χ0v) is 76.7. The lowest BCUT2D eigenvalue weighted by Crippen LogP contribution is -2.38. The summed E-state index contributed by atoms with van der Waals surface area (Å²) >= 11 is 35.6. The van der Waals surface area contributed by atoms with Crippen LogP contribution in [-0.4, -0.2) is 117 Å². The molecule has 35 heteroatoms. The van der Waals surface area contributed by atoms with Crippen LogP contribution in [0.1, 0.15) is 138 Å². The second kappa shape index (κ2) is 41.1. The molecule has 5 aromatic heterocycles. The van der Waals surface area contributed by atoms with Gasteiger partial charge < -0.3 is 35.4 Å². The molecule has 0 radical (unpaired) electrons. The molecule has 5 amide bonds. The summed E-state index contributed by atoms with van der Waals surface area (Å²) in [6.45, 7) is 12.8. The van der Waals surface area contributed by atoms with Crippen LogP contribution < -0.4 is 35.4 Å². The number of ether oxygens (including phenoxy) is 1. The fourth-order valence-corrected chi connectivity index (χ4v) is 17.0. The molecule has 0 fully saturated rings. The van der Waals surface area contributed by atoms with Crippen LogP contribution in [0.2, 0.25) is 30.3 Å². The van der Waals surface area contributed by atoms with Crippen molar-refractivity contribution in [2.75, 3.05) is 63.9 Å². The predicted octanol–water partition coefficient (Wildman–Crippen LogP) is 21.3. The van der Waals surface area contributed by atoms with Crippen LogP contribution in [0.25, 0.3) is 0 Å². The highest BCUT2D eigenvalue weighted by atomic mass is 35.5. The average molecular weight is 1920 g/mol. The van der Waals surface area contributed by atoms with Gasteiger partial charge in [0.2, 0.25) is 11.7 Å². The molecule has 0 aliphatic carbocycles. The van der Waals surface area contributed by atoms with E-state index in [1.54, 1.807) is 67.3 Å². The second-order valence-corrected chi connectivity index (χ2v) is 34.1. The highest BCUT2D eigenvalue weighted by molar-refractivity contribution is 6.33. The molecule has 0 spiro atoms. The van der Waals surface area contributed by atoms with Crippen LogP contribution in [0.5, 0.6) is 5.88 Å². The van der Waals surface area contributed by atoms with Gasteiger partial charge in [0, 0.05) is 60.2 Å². The van der Waals surface area contributed by atoms with Crippen LogP contribution in [0, 0.1) is 62.6 Å². The quantitative estimate of drug-likeness (QED) is 0.0806. The monoisotopic (exact) mass is 1920 g/mol. The number of hydrogen-bond donors (Lipinski definition) is 2. The normalized spacial score (nSPS) is 13.4. The number of rotatable bonds is 17. The van der Waals surface area contributed by atoms with E-state index in [1.807, 2.05) is 138 Å². The maximum Gasteiger partial charge on any atom is 0.295 e. The van der Waals surface area contributed by atoms with Crippen LogP contribution in [0.15, 0.2) is 225 Å². The highest BCUT2D eigenvalue weighted by Crippen LogP contribution is 2.39. The van der Waals surface area contributed by atoms with E-state index in [4.69, 9.17) is 80.1 Å². The molecule has 133 heavy (non-hydrogen) atoms. The molecule has 0 saturated carbocycles. The number of aromatic nitrogens is 11. The van der Waals surface area contributed by atoms with Crippen molar-refractivity contribution in [1.29, 1.82) is 0 Å². The summed E-state index contributed by atoms with van der Waals surface area (Å²) in [5, 5.41) is 24.6. The smallest absolute Gasteiger partial charge is 0.295 e. The maximum atomic E-state index is 14.4. The van der Waals surface area contributed by atoms with E-state index in [1.165, 1.54) is 104 Å². The van der Waals surface area contributed by atoms with E-state index < -0.39 is 40.9 Å². The van der Waals surface area contributed by atoms with Crippen LogP contribution in [-0.2, 0) is 51.9 Å². The Balaban J connectivity index is 0.000000127. The Labute approximate surface area is 790 Å². The molecule has 0 saturated heterocycles. The van der Waals surface area contributed by atoms with Crippen LogP contribution in [0.4, 0.5) is 60.6 Å². The van der Waals surface area contributed by atoms with Gasteiger partial charge in [0.25, 0.3) is 29.5 Å². The topological polar surface area (TPSA) is 248 Å². The number of methoxy groups -OCH3 is 1. The summed E-state index contributed by atoms with van der Waals surface area (Å²) in [6.07, 6.45) is 5.44. The maximum absolute atomic E-state index is 14.4. The summed E-state index contributed by atoms with van der Waals surface area (Å²) in [6, 6.07) is 61.4. The molecule has 4 aliphatic rings. The molecule has 19 rings (SSSR count). The summed E-state index contributed by atoms with van der Waals surface area (Å²) in [5.74, 6) is -4.75. The summed E-state index contributed by atoms with van der Waals surface area (Å²) in [7, 11) is 1.48. The third kappa shape index (κ3) is 20.7. The first-order chi connectivity index (χ1) is 63.9. The van der Waals surface area contributed by atoms with Crippen molar-refractivity contribution < 1.29 is 55.1 Å². The second-order valence-electron chi connectivity index (χ2n) is 31.7. The molecule has 10 aromatic carbocycles. The van der Waals surface area contributed by atoms with Crippen molar-refractivity contribution in [2.45, 2.75) is 92.5 Å². The van der Waals surface area contributed by atoms with Crippen molar-refractivity contribution in [3.05, 3.63) is 391 Å². The fourth-order valence-electron chi connectivity index (χ4n) is 15.8. The van der Waals surface area contributed by atoms with Gasteiger partial charge in [0.15, 0.2) is 51.9 Å². The number of carbonyl (C=O) groups excluding carboxylic acids is 5. The molecule has 680 valence electrons. The lowest BCUT2D eigenvalue weighted by atomic mass is 10.1. The number of halogens is 12. The zero-order chi connectivity index (χ0) is 94.3. The third-order valence-corrected chi connectivity index (χ3v) is 24.4. The molecule has 4 aliphatic heterocycles. The van der Waals surface area contributed by atoms with Gasteiger partial charge in [-0.05, 0) is 149 Å². The first kappa shape index (κ1) is 94.1. The lowest BCUT2D eigenvalue weighted by molar-refractivity contribution is 0.0966. The Bertz CT molecular complexity index is 6970. The van der Waals surface area contributed by atoms with Gasteiger partial charge in [-0.3, -0.25) is 28.7 Å². The number of nitrogens with two attached hydrogens (primary N) is 1. The molecular weight excluding hydrogens is 1840 g/mol. The van der Waals surface area contributed by atoms with Gasteiger partial charge >= 0.3 is 0 Å². The number of nitrogens with zero attached hydrogens (tertiary/aromatic N) is 15. The molecule has 3 N–H and O–H groups in total. The van der Waals surface area contributed by atoms with Gasteiger partial charge in [0.05, 0.1) is 92.9 Å². The van der Waals surface area contributed by atoms with Gasteiger partial charge in [0.1, 0.15) is 23.1 Å². The minimum atomic E-state index is -0.690. The number of aryl methyl sites for hydroxylation is 4. The Morgan fingerprint density at radius 3 is 1.41 bits per heavy atom. The molecule has 0 bridgehead atoms. The van der Waals surface area contributed by atoms with Crippen molar-refractivity contribution in [1.82, 2.24) is 53.9 Å². The van der Waals surface area contributed by atoms with Crippen LogP contribution >= 0.6 is 69.6 Å². The average Bonchev–Trinajstić information content (AvgIpc) is 1.74. The summed E-state index contributed by atoms with van der Waals surface area (Å²) < 4.78 is 99.1. The molecule has 0 unspecified atom stereocenters. The van der Waals surface area contributed by atoms with E-state index in [0.717, 1.165) is 44.5 Å². The SMILES string of the molecule is COc1c2c(nn1Cc1cc(C)ccc1F)C(=O)N(c1cccc(Cl)c1F)CC2.Cc1cccc(Cn2cc3c(n2)C(=O)N(c2cccc(Cl)c2F)CC3)c1.Cc1cccc(Cn2nc3c(c2Cl)CCN(c2cccc(Cl)c2F)C3=O)c1.Cc1cccc([C@H](C)n2cnc(C(=O)Nc3cccc(Cl)c3F)n2)c1.Nc1c2c(nn1Cc1ccccc1)C(=O)N(c1cccc(Cl)c1F)CC2. The van der Waals surface area contributed by atoms with E-state index in [9.17, 15) is 50.3 Å². The largest absolute Gasteiger partial charge is 0.481 e. The number of nitrogens with one attached hydrogen (secondary N) is 1. The van der Waals surface area contributed by atoms with Crippen molar-refractivity contribution in [3.8, 4) is 5.88 Å². The number of benzene rings is 10. The number of carbonyl (C=O) groups is 5. The number of amides is 5. The molecule has 1 atom stereocenters. The number of fused-ring (bicyclic) bond motifs is 4. The van der Waals surface area contributed by atoms with E-state index in [-0.39, 0.29) is 119 Å². The Morgan fingerprint density at radius 2 is 0.872 bits per heavy atom. The zero-order valence-electron chi connectivity index (χ0n) is 72.2. The summed E-state index contributed by atoms with van der Waals surface area (Å²) in [4.78, 5) is 73.4. The molecule has 15 aromatic rings.